The molecule has 1 aromatic rings. The fraction of sp³-hybridized carbons (Fsp3) is 0.429. The summed E-state index contributed by atoms with van der Waals surface area (Å²) >= 11 is 0. The molecule has 0 bridgehead atoms. The van der Waals surface area contributed by atoms with Gasteiger partial charge in [0.2, 0.25) is 5.91 Å². The van der Waals surface area contributed by atoms with Crippen molar-refractivity contribution < 1.29 is 14.3 Å². The van der Waals surface area contributed by atoms with E-state index >= 15 is 0 Å². The Balaban J connectivity index is 2.56. The van der Waals surface area contributed by atoms with Gasteiger partial charge >= 0.3 is 6.09 Å². The van der Waals surface area contributed by atoms with Crippen LogP contribution in [0.4, 0.5) is 4.79 Å². The zero-order valence-electron chi connectivity index (χ0n) is 11.7. The topological polar surface area (TPSA) is 67.4 Å². The number of rotatable bonds is 4. The number of carbonyl (C=O) groups is 2. The fourth-order valence-electron chi connectivity index (χ4n) is 1.58. The van der Waals surface area contributed by atoms with Crippen LogP contribution in [0.1, 0.15) is 31.0 Å². The van der Waals surface area contributed by atoms with Gasteiger partial charge in [0, 0.05) is 0 Å². The summed E-state index contributed by atoms with van der Waals surface area (Å²) in [5.41, 5.74) is 2.19. The van der Waals surface area contributed by atoms with Crippen molar-refractivity contribution >= 4 is 12.0 Å². The van der Waals surface area contributed by atoms with Crippen LogP contribution in [-0.2, 0) is 9.53 Å². The second-order valence-corrected chi connectivity index (χ2v) is 4.50. The molecule has 2 atom stereocenters. The third-order valence-corrected chi connectivity index (χ3v) is 2.85. The number of ether oxygens (including phenoxy) is 1. The quantitative estimate of drug-likeness (QED) is 0.873. The molecule has 5 nitrogen and oxygen atoms in total. The van der Waals surface area contributed by atoms with Gasteiger partial charge in [-0.15, -0.1) is 0 Å². The summed E-state index contributed by atoms with van der Waals surface area (Å²) in [6.45, 7) is 5.51. The summed E-state index contributed by atoms with van der Waals surface area (Å²) in [4.78, 5) is 22.9. The van der Waals surface area contributed by atoms with Crippen molar-refractivity contribution in [3.63, 3.8) is 0 Å². The van der Waals surface area contributed by atoms with Crippen molar-refractivity contribution in [3.8, 4) is 0 Å². The molecule has 1 rings (SSSR count). The highest BCUT2D eigenvalue weighted by Gasteiger charge is 2.18. The average Bonchev–Trinajstić information content (AvgIpc) is 2.38. The van der Waals surface area contributed by atoms with Gasteiger partial charge in [-0.05, 0) is 26.3 Å². The van der Waals surface area contributed by atoms with Gasteiger partial charge in [-0.2, -0.15) is 0 Å². The molecule has 0 aromatic heterocycles. The zero-order valence-corrected chi connectivity index (χ0v) is 11.7. The lowest BCUT2D eigenvalue weighted by atomic mass is 10.1. The van der Waals surface area contributed by atoms with E-state index < -0.39 is 12.1 Å². The minimum absolute atomic E-state index is 0.116. The van der Waals surface area contributed by atoms with Crippen molar-refractivity contribution in [2.24, 2.45) is 0 Å². The first-order valence-electron chi connectivity index (χ1n) is 6.15. The first kappa shape index (κ1) is 15.0. The summed E-state index contributed by atoms with van der Waals surface area (Å²) in [5, 5.41) is 5.26. The Labute approximate surface area is 113 Å². The highest BCUT2D eigenvalue weighted by atomic mass is 16.5. The van der Waals surface area contributed by atoms with Crippen molar-refractivity contribution in [1.29, 1.82) is 0 Å². The normalized spacial score (nSPS) is 13.3. The minimum atomic E-state index is -0.639. The van der Waals surface area contributed by atoms with Crippen LogP contribution >= 0.6 is 0 Å². The Morgan fingerprint density at radius 1 is 1.11 bits per heavy atom. The van der Waals surface area contributed by atoms with Gasteiger partial charge in [-0.3, -0.25) is 4.79 Å². The smallest absolute Gasteiger partial charge is 0.407 e. The third kappa shape index (κ3) is 4.62. The maximum absolute atomic E-state index is 11.9. The van der Waals surface area contributed by atoms with E-state index in [1.807, 2.05) is 38.1 Å². The average molecular weight is 264 g/mol. The Bertz CT molecular complexity index is 443. The van der Waals surface area contributed by atoms with E-state index in [0.29, 0.717) is 0 Å². The summed E-state index contributed by atoms with van der Waals surface area (Å²) in [7, 11) is 1.26. The maximum atomic E-state index is 11.9. The first-order chi connectivity index (χ1) is 8.93. The van der Waals surface area contributed by atoms with Crippen LogP contribution in [0.15, 0.2) is 24.3 Å². The number of amides is 2. The molecule has 2 amide bonds. The molecule has 5 heteroatoms. The number of methoxy groups -OCH3 is 1. The Morgan fingerprint density at radius 2 is 1.68 bits per heavy atom. The number of hydrogen-bond donors (Lipinski definition) is 2. The van der Waals surface area contributed by atoms with Gasteiger partial charge in [0.25, 0.3) is 0 Å². The minimum Gasteiger partial charge on any atom is -0.453 e. The van der Waals surface area contributed by atoms with E-state index in [9.17, 15) is 9.59 Å². The molecule has 0 aliphatic carbocycles. The zero-order chi connectivity index (χ0) is 14.4. The summed E-state index contributed by atoms with van der Waals surface area (Å²) in [5.74, 6) is -0.251. The van der Waals surface area contributed by atoms with Crippen LogP contribution < -0.4 is 10.6 Å². The number of benzene rings is 1. The van der Waals surface area contributed by atoms with Gasteiger partial charge in [0.15, 0.2) is 0 Å². The van der Waals surface area contributed by atoms with Crippen molar-refractivity contribution in [2.45, 2.75) is 32.9 Å². The monoisotopic (exact) mass is 264 g/mol. The molecule has 0 spiro atoms. The molecule has 0 radical (unpaired) electrons. The van der Waals surface area contributed by atoms with Gasteiger partial charge in [-0.1, -0.05) is 29.8 Å². The number of alkyl carbamates (subject to hydrolysis) is 1. The van der Waals surface area contributed by atoms with Crippen molar-refractivity contribution in [2.75, 3.05) is 7.11 Å². The lowest BCUT2D eigenvalue weighted by molar-refractivity contribution is -0.123. The second kappa shape index (κ2) is 6.78. The van der Waals surface area contributed by atoms with Crippen LogP contribution in [0.3, 0.4) is 0 Å². The van der Waals surface area contributed by atoms with Crippen LogP contribution in [0, 0.1) is 6.92 Å². The molecular weight excluding hydrogens is 244 g/mol. The molecule has 0 aliphatic heterocycles. The van der Waals surface area contributed by atoms with E-state index in [4.69, 9.17) is 0 Å². The number of carbonyl (C=O) groups excluding carboxylic acids is 2. The molecule has 0 saturated heterocycles. The van der Waals surface area contributed by atoms with E-state index in [2.05, 4.69) is 15.4 Å². The molecule has 0 aliphatic rings. The SMILES string of the molecule is COC(=O)NC(C)C(=O)NC(C)c1ccc(C)cc1. The third-order valence-electron chi connectivity index (χ3n) is 2.85. The van der Waals surface area contributed by atoms with E-state index in [-0.39, 0.29) is 11.9 Å². The molecule has 1 aromatic carbocycles. The van der Waals surface area contributed by atoms with E-state index in [1.54, 1.807) is 6.92 Å². The lowest BCUT2D eigenvalue weighted by Crippen LogP contribution is -2.45. The Hall–Kier alpha value is -2.04. The van der Waals surface area contributed by atoms with E-state index in [1.165, 1.54) is 12.7 Å². The molecular formula is C14H20N2O3. The predicted octanol–water partition coefficient (Wildman–Crippen LogP) is 1.92. The van der Waals surface area contributed by atoms with E-state index in [0.717, 1.165) is 5.56 Å². The standard InChI is InChI=1S/C14H20N2O3/c1-9-5-7-12(8-6-9)10(2)15-13(17)11(3)16-14(18)19-4/h5-8,10-11H,1-4H3,(H,15,17)(H,16,18). The maximum Gasteiger partial charge on any atom is 0.407 e. The van der Waals surface area contributed by atoms with Gasteiger partial charge in [-0.25, -0.2) is 4.79 Å². The van der Waals surface area contributed by atoms with Crippen LogP contribution in [0.25, 0.3) is 0 Å². The van der Waals surface area contributed by atoms with Gasteiger partial charge in [0.1, 0.15) is 6.04 Å². The molecule has 0 heterocycles. The summed E-state index contributed by atoms with van der Waals surface area (Å²) in [6.07, 6.45) is -0.620. The molecule has 2 N–H and O–H groups in total. The highest BCUT2D eigenvalue weighted by molar-refractivity contribution is 5.85. The van der Waals surface area contributed by atoms with Crippen LogP contribution in [0.2, 0.25) is 0 Å². The number of hydrogen-bond acceptors (Lipinski definition) is 3. The first-order valence-corrected chi connectivity index (χ1v) is 6.15. The highest BCUT2D eigenvalue weighted by Crippen LogP contribution is 2.13. The largest absolute Gasteiger partial charge is 0.453 e. The summed E-state index contributed by atoms with van der Waals surface area (Å²) in [6, 6.07) is 7.18. The summed E-state index contributed by atoms with van der Waals surface area (Å²) < 4.78 is 4.44. The Morgan fingerprint density at radius 3 is 2.21 bits per heavy atom. The molecule has 104 valence electrons. The van der Waals surface area contributed by atoms with Crippen LogP contribution in [0.5, 0.6) is 0 Å². The second-order valence-electron chi connectivity index (χ2n) is 4.50. The fourth-order valence-corrected chi connectivity index (χ4v) is 1.58. The molecule has 2 unspecified atom stereocenters. The van der Waals surface area contributed by atoms with Crippen molar-refractivity contribution in [3.05, 3.63) is 35.4 Å². The van der Waals surface area contributed by atoms with Crippen molar-refractivity contribution in [1.82, 2.24) is 10.6 Å². The number of aryl methyl sites for hydroxylation is 1. The van der Waals surface area contributed by atoms with Gasteiger partial charge in [0.05, 0.1) is 13.2 Å². The number of nitrogens with one attached hydrogen (secondary N) is 2. The van der Waals surface area contributed by atoms with Gasteiger partial charge < -0.3 is 15.4 Å². The Kier molecular flexibility index (Phi) is 5.36. The van der Waals surface area contributed by atoms with Crippen LogP contribution in [-0.4, -0.2) is 25.2 Å². The molecule has 0 saturated carbocycles. The molecule has 19 heavy (non-hydrogen) atoms. The molecule has 0 fully saturated rings. The lowest BCUT2D eigenvalue weighted by Gasteiger charge is -2.18. The predicted molar refractivity (Wildman–Crippen MR) is 72.7 cm³/mol.